The van der Waals surface area contributed by atoms with Crippen LogP contribution in [0.2, 0.25) is 0 Å². The van der Waals surface area contributed by atoms with E-state index in [1.807, 2.05) is 30.3 Å². The molecule has 3 rings (SSSR count). The Labute approximate surface area is 129 Å². The van der Waals surface area contributed by atoms with Gasteiger partial charge in [-0.3, -0.25) is 9.78 Å². The normalized spacial score (nSPS) is 18.0. The van der Waals surface area contributed by atoms with E-state index in [-0.39, 0.29) is 11.9 Å². The Morgan fingerprint density at radius 2 is 2.05 bits per heavy atom. The molecule has 114 valence electrons. The van der Waals surface area contributed by atoms with Crippen LogP contribution < -0.4 is 10.5 Å². The number of pyridine rings is 1. The van der Waals surface area contributed by atoms with Crippen LogP contribution in [0.1, 0.15) is 23.3 Å². The summed E-state index contributed by atoms with van der Waals surface area (Å²) in [4.78, 5) is 18.4. The van der Waals surface area contributed by atoms with Crippen LogP contribution in [0.4, 0.5) is 0 Å². The van der Waals surface area contributed by atoms with Gasteiger partial charge in [-0.25, -0.2) is 0 Å². The van der Waals surface area contributed by atoms with Crippen LogP contribution in [0.5, 0.6) is 11.5 Å². The van der Waals surface area contributed by atoms with E-state index in [1.165, 1.54) is 0 Å². The van der Waals surface area contributed by atoms with Crippen molar-refractivity contribution in [2.75, 3.05) is 13.1 Å². The number of carbonyl (C=O) groups is 1. The van der Waals surface area contributed by atoms with Gasteiger partial charge in [0.05, 0.1) is 0 Å². The Kier molecular flexibility index (Phi) is 4.34. The fourth-order valence-corrected chi connectivity index (χ4v) is 2.57. The molecule has 2 heterocycles. The highest BCUT2D eigenvalue weighted by molar-refractivity contribution is 5.92. The first kappa shape index (κ1) is 14.5. The summed E-state index contributed by atoms with van der Waals surface area (Å²) >= 11 is 0. The topological polar surface area (TPSA) is 68.5 Å². The molecule has 1 fully saturated rings. The number of benzene rings is 1. The second-order valence-electron chi connectivity index (χ2n) is 5.45. The molecule has 1 saturated heterocycles. The van der Waals surface area contributed by atoms with Gasteiger partial charge in [0.15, 0.2) is 0 Å². The van der Waals surface area contributed by atoms with Crippen molar-refractivity contribution >= 4 is 5.91 Å². The maximum Gasteiger partial charge on any atom is 0.272 e. The van der Waals surface area contributed by atoms with Crippen molar-refractivity contribution in [3.8, 4) is 11.5 Å². The van der Waals surface area contributed by atoms with Crippen molar-refractivity contribution < 1.29 is 9.53 Å². The molecule has 0 saturated carbocycles. The number of amides is 1. The standard InChI is InChI=1S/C17H19N3O2/c18-13-5-4-10-20(12-13)17(21)16-11-15(8-9-19-16)22-14-6-2-1-3-7-14/h1-3,6-9,11,13H,4-5,10,12,18H2. The lowest BCUT2D eigenvalue weighted by Gasteiger charge is -2.30. The first-order valence-corrected chi connectivity index (χ1v) is 7.46. The highest BCUT2D eigenvalue weighted by atomic mass is 16.5. The van der Waals surface area contributed by atoms with Gasteiger partial charge in [-0.05, 0) is 31.0 Å². The summed E-state index contributed by atoms with van der Waals surface area (Å²) in [7, 11) is 0. The lowest BCUT2D eigenvalue weighted by atomic mass is 10.1. The Bertz CT molecular complexity index is 645. The summed E-state index contributed by atoms with van der Waals surface area (Å²) in [5.41, 5.74) is 6.33. The number of hydrogen-bond acceptors (Lipinski definition) is 4. The highest BCUT2D eigenvalue weighted by Gasteiger charge is 2.23. The summed E-state index contributed by atoms with van der Waals surface area (Å²) in [5.74, 6) is 1.24. The number of carbonyl (C=O) groups excluding carboxylic acids is 1. The molecule has 1 aliphatic rings. The van der Waals surface area contributed by atoms with Crippen LogP contribution in [0.25, 0.3) is 0 Å². The fourth-order valence-electron chi connectivity index (χ4n) is 2.57. The number of aromatic nitrogens is 1. The maximum atomic E-state index is 12.5. The number of likely N-dealkylation sites (tertiary alicyclic amines) is 1. The molecule has 1 amide bonds. The minimum absolute atomic E-state index is 0.0569. The molecule has 0 aliphatic carbocycles. The van der Waals surface area contributed by atoms with Crippen LogP contribution in [-0.2, 0) is 0 Å². The molecule has 22 heavy (non-hydrogen) atoms. The lowest BCUT2D eigenvalue weighted by molar-refractivity contribution is 0.0702. The molecule has 0 radical (unpaired) electrons. The molecule has 1 aliphatic heterocycles. The van der Waals surface area contributed by atoms with Crippen LogP contribution in [0.3, 0.4) is 0 Å². The number of rotatable bonds is 3. The van der Waals surface area contributed by atoms with Gasteiger partial charge in [-0.2, -0.15) is 0 Å². The SMILES string of the molecule is NC1CCCN(C(=O)c2cc(Oc3ccccc3)ccn2)C1. The predicted octanol–water partition coefficient (Wildman–Crippen LogP) is 2.44. The fraction of sp³-hybridized carbons (Fsp3) is 0.294. The number of para-hydroxylation sites is 1. The second kappa shape index (κ2) is 6.58. The first-order chi connectivity index (χ1) is 10.7. The van der Waals surface area contributed by atoms with Gasteiger partial charge in [-0.1, -0.05) is 18.2 Å². The number of ether oxygens (including phenoxy) is 1. The number of nitrogens with two attached hydrogens (primary N) is 1. The van der Waals surface area contributed by atoms with Gasteiger partial charge in [-0.15, -0.1) is 0 Å². The lowest BCUT2D eigenvalue weighted by Crippen LogP contribution is -2.45. The third-order valence-corrected chi connectivity index (χ3v) is 3.67. The van der Waals surface area contributed by atoms with E-state index in [0.717, 1.165) is 25.1 Å². The molecule has 0 spiro atoms. The minimum Gasteiger partial charge on any atom is -0.457 e. The third-order valence-electron chi connectivity index (χ3n) is 3.67. The Balaban J connectivity index is 1.74. The molecular weight excluding hydrogens is 278 g/mol. The zero-order valence-corrected chi connectivity index (χ0v) is 12.3. The molecule has 1 aromatic heterocycles. The monoisotopic (exact) mass is 297 g/mol. The van der Waals surface area contributed by atoms with Gasteiger partial charge in [0.2, 0.25) is 0 Å². The van der Waals surface area contributed by atoms with Gasteiger partial charge in [0, 0.05) is 31.4 Å². The van der Waals surface area contributed by atoms with Crippen LogP contribution in [0.15, 0.2) is 48.7 Å². The van der Waals surface area contributed by atoms with Gasteiger partial charge >= 0.3 is 0 Å². The largest absolute Gasteiger partial charge is 0.457 e. The molecule has 1 unspecified atom stereocenters. The predicted molar refractivity (Wildman–Crippen MR) is 83.9 cm³/mol. The smallest absolute Gasteiger partial charge is 0.272 e. The Morgan fingerprint density at radius 1 is 1.23 bits per heavy atom. The van der Waals surface area contributed by atoms with E-state index in [4.69, 9.17) is 10.5 Å². The summed E-state index contributed by atoms with van der Waals surface area (Å²) in [6, 6.07) is 12.9. The average Bonchev–Trinajstić information content (AvgIpc) is 2.55. The van der Waals surface area contributed by atoms with E-state index in [9.17, 15) is 4.79 Å². The molecule has 1 aromatic carbocycles. The molecule has 1 atom stereocenters. The quantitative estimate of drug-likeness (QED) is 0.944. The molecule has 5 heteroatoms. The van der Waals surface area contributed by atoms with Crippen LogP contribution in [0, 0.1) is 0 Å². The number of nitrogens with zero attached hydrogens (tertiary/aromatic N) is 2. The maximum absolute atomic E-state index is 12.5. The summed E-state index contributed by atoms with van der Waals surface area (Å²) < 4.78 is 5.74. The number of piperidine rings is 1. The Hall–Kier alpha value is -2.40. The highest BCUT2D eigenvalue weighted by Crippen LogP contribution is 2.21. The van der Waals surface area contributed by atoms with Crippen LogP contribution in [-0.4, -0.2) is 34.9 Å². The van der Waals surface area contributed by atoms with Gasteiger partial charge in [0.1, 0.15) is 17.2 Å². The van der Waals surface area contributed by atoms with Crippen molar-refractivity contribution in [3.63, 3.8) is 0 Å². The minimum atomic E-state index is -0.0892. The van der Waals surface area contributed by atoms with Crippen LogP contribution >= 0.6 is 0 Å². The third kappa shape index (κ3) is 3.43. The average molecular weight is 297 g/mol. The van der Waals surface area contributed by atoms with Crippen molar-refractivity contribution in [2.45, 2.75) is 18.9 Å². The summed E-state index contributed by atoms with van der Waals surface area (Å²) in [6.45, 7) is 1.32. The molecule has 0 bridgehead atoms. The molecule has 2 aromatic rings. The summed E-state index contributed by atoms with van der Waals surface area (Å²) in [6.07, 6.45) is 3.50. The van der Waals surface area contributed by atoms with E-state index >= 15 is 0 Å². The Morgan fingerprint density at radius 3 is 2.82 bits per heavy atom. The van der Waals surface area contributed by atoms with Crippen molar-refractivity contribution in [3.05, 3.63) is 54.4 Å². The zero-order valence-electron chi connectivity index (χ0n) is 12.3. The van der Waals surface area contributed by atoms with E-state index in [2.05, 4.69) is 4.98 Å². The van der Waals surface area contributed by atoms with Gasteiger partial charge < -0.3 is 15.4 Å². The first-order valence-electron chi connectivity index (χ1n) is 7.46. The van der Waals surface area contributed by atoms with E-state index in [0.29, 0.717) is 18.0 Å². The zero-order chi connectivity index (χ0) is 15.4. The van der Waals surface area contributed by atoms with Crippen molar-refractivity contribution in [2.24, 2.45) is 5.73 Å². The van der Waals surface area contributed by atoms with E-state index < -0.39 is 0 Å². The second-order valence-corrected chi connectivity index (χ2v) is 5.45. The molecule has 5 nitrogen and oxygen atoms in total. The van der Waals surface area contributed by atoms with Gasteiger partial charge in [0.25, 0.3) is 5.91 Å². The number of hydrogen-bond donors (Lipinski definition) is 1. The van der Waals surface area contributed by atoms with E-state index in [1.54, 1.807) is 23.2 Å². The molecule has 2 N–H and O–H groups in total. The van der Waals surface area contributed by atoms with Crippen molar-refractivity contribution in [1.82, 2.24) is 9.88 Å². The summed E-state index contributed by atoms with van der Waals surface area (Å²) in [5, 5.41) is 0. The van der Waals surface area contributed by atoms with Crippen molar-refractivity contribution in [1.29, 1.82) is 0 Å². The molecular formula is C17H19N3O2.